The Hall–Kier alpha value is -3.18. The number of carbonyl (C=O) groups is 1. The van der Waals surface area contributed by atoms with Crippen LogP contribution in [0.2, 0.25) is 0 Å². The molecule has 2 heterocycles. The Kier molecular flexibility index (Phi) is 4.61. The summed E-state index contributed by atoms with van der Waals surface area (Å²) >= 11 is 3.42. The van der Waals surface area contributed by atoms with E-state index < -0.39 is 17.2 Å². The maximum Gasteiger partial charge on any atom is 0.317 e. The minimum atomic E-state index is -0.698. The third-order valence-corrected chi connectivity index (χ3v) is 5.34. The lowest BCUT2D eigenvalue weighted by Gasteiger charge is -2.27. The van der Waals surface area contributed by atoms with Gasteiger partial charge in [0.15, 0.2) is 0 Å². The summed E-state index contributed by atoms with van der Waals surface area (Å²) in [6.07, 6.45) is 1.37. The summed E-state index contributed by atoms with van der Waals surface area (Å²) in [5, 5.41) is 11.6. The lowest BCUT2D eigenvalue weighted by molar-refractivity contribution is -0.117. The monoisotopic (exact) mass is 438 g/mol. The van der Waals surface area contributed by atoms with Crippen LogP contribution in [0, 0.1) is 11.3 Å². The lowest BCUT2D eigenvalue weighted by Crippen LogP contribution is -2.41. The molecule has 3 aromatic rings. The highest BCUT2D eigenvalue weighted by atomic mass is 79.9. The molecule has 8 heteroatoms. The zero-order chi connectivity index (χ0) is 19.8. The van der Waals surface area contributed by atoms with E-state index >= 15 is 0 Å². The number of aromatic amines is 1. The Morgan fingerprint density at radius 3 is 2.75 bits per heavy atom. The Morgan fingerprint density at radius 1 is 1.29 bits per heavy atom. The Morgan fingerprint density at radius 2 is 2.04 bits per heavy atom. The fraction of sp³-hybridized carbons (Fsp3) is 0.200. The number of amides is 1. The average Bonchev–Trinajstić information content (AvgIpc) is 2.67. The summed E-state index contributed by atoms with van der Waals surface area (Å²) in [6.45, 7) is 0. The van der Waals surface area contributed by atoms with Crippen LogP contribution in [0.3, 0.4) is 0 Å². The van der Waals surface area contributed by atoms with Crippen LogP contribution in [0.1, 0.15) is 30.0 Å². The summed E-state index contributed by atoms with van der Waals surface area (Å²) in [5.74, 6) is -0.254. The summed E-state index contributed by atoms with van der Waals surface area (Å²) in [7, 11) is 0. The predicted octanol–water partition coefficient (Wildman–Crippen LogP) is 2.84. The van der Waals surface area contributed by atoms with E-state index in [-0.39, 0.29) is 12.3 Å². The summed E-state index contributed by atoms with van der Waals surface area (Å²) in [4.78, 5) is 39.8. The number of nitriles is 1. The second-order valence-corrected chi connectivity index (χ2v) is 7.64. The molecular formula is C20H15BrN4O3. The Balaban J connectivity index is 1.66. The number of aryl methyl sites for hydroxylation is 1. The van der Waals surface area contributed by atoms with E-state index in [4.69, 9.17) is 5.26 Å². The van der Waals surface area contributed by atoms with Crippen LogP contribution in [-0.2, 0) is 11.2 Å². The van der Waals surface area contributed by atoms with Gasteiger partial charge in [0.25, 0.3) is 0 Å². The molecule has 0 fully saturated rings. The molecule has 0 saturated carbocycles. The number of anilines is 1. The zero-order valence-corrected chi connectivity index (χ0v) is 16.2. The molecule has 1 amide bonds. The van der Waals surface area contributed by atoms with Crippen molar-refractivity contribution in [2.45, 2.75) is 25.3 Å². The van der Waals surface area contributed by atoms with Crippen molar-refractivity contribution in [1.29, 1.82) is 5.26 Å². The number of nitrogens with zero attached hydrogens (tertiary/aromatic N) is 2. The van der Waals surface area contributed by atoms with Crippen LogP contribution in [0.5, 0.6) is 0 Å². The average molecular weight is 439 g/mol. The molecule has 2 N–H and O–H groups in total. The van der Waals surface area contributed by atoms with E-state index in [1.807, 2.05) is 12.1 Å². The van der Waals surface area contributed by atoms with Crippen molar-refractivity contribution in [3.05, 3.63) is 72.7 Å². The molecule has 1 atom stereocenters. The molecule has 0 saturated heterocycles. The number of halogens is 1. The summed E-state index contributed by atoms with van der Waals surface area (Å²) in [5.41, 5.74) is 1.95. The Labute approximate surface area is 167 Å². The van der Waals surface area contributed by atoms with Gasteiger partial charge in [-0.25, -0.2) is 0 Å². The number of rotatable bonds is 3. The first-order valence-electron chi connectivity index (χ1n) is 8.73. The fourth-order valence-corrected chi connectivity index (χ4v) is 4.17. The van der Waals surface area contributed by atoms with Crippen LogP contribution >= 0.6 is 15.9 Å². The minimum absolute atomic E-state index is 0.0773. The number of carbonyl (C=O) groups excluding carboxylic acids is 1. The van der Waals surface area contributed by atoms with Crippen LogP contribution in [0.25, 0.3) is 11.0 Å². The standard InChI is InChI=1S/C20H15BrN4O3/c21-13-7-12-3-6-15(25-18(12)16(8-13)24-19(27)20(25)28)9-17(26)23-14-4-1-11(10-22)2-5-14/h1-2,4-5,7-8,15H,3,6,9H2,(H,23,26)(H,24,27). The van der Waals surface area contributed by atoms with Gasteiger partial charge in [-0.05, 0) is 54.8 Å². The van der Waals surface area contributed by atoms with Crippen molar-refractivity contribution in [2.75, 3.05) is 5.32 Å². The second-order valence-electron chi connectivity index (χ2n) is 6.72. The first kappa shape index (κ1) is 18.2. The van der Waals surface area contributed by atoms with Crippen molar-refractivity contribution in [3.8, 4) is 6.07 Å². The molecule has 0 radical (unpaired) electrons. The first-order chi connectivity index (χ1) is 13.5. The molecule has 28 heavy (non-hydrogen) atoms. The molecule has 0 bridgehead atoms. The molecule has 2 aromatic carbocycles. The van der Waals surface area contributed by atoms with Crippen molar-refractivity contribution in [2.24, 2.45) is 0 Å². The van der Waals surface area contributed by atoms with Gasteiger partial charge < -0.3 is 10.3 Å². The van der Waals surface area contributed by atoms with Crippen molar-refractivity contribution in [1.82, 2.24) is 9.55 Å². The quantitative estimate of drug-likeness (QED) is 0.612. The van der Waals surface area contributed by atoms with Crippen molar-refractivity contribution >= 4 is 38.6 Å². The van der Waals surface area contributed by atoms with Gasteiger partial charge in [-0.3, -0.25) is 19.0 Å². The van der Waals surface area contributed by atoms with Gasteiger partial charge in [0.2, 0.25) is 5.91 Å². The number of benzene rings is 2. The molecule has 140 valence electrons. The van der Waals surface area contributed by atoms with E-state index in [0.29, 0.717) is 35.1 Å². The topological polar surface area (TPSA) is 108 Å². The largest absolute Gasteiger partial charge is 0.326 e. The molecule has 7 nitrogen and oxygen atoms in total. The third-order valence-electron chi connectivity index (χ3n) is 4.89. The van der Waals surface area contributed by atoms with Gasteiger partial charge in [-0.2, -0.15) is 5.26 Å². The molecule has 1 aromatic heterocycles. The molecule has 4 rings (SSSR count). The summed E-state index contributed by atoms with van der Waals surface area (Å²) < 4.78 is 2.28. The zero-order valence-electron chi connectivity index (χ0n) is 14.7. The summed E-state index contributed by atoms with van der Waals surface area (Å²) in [6, 6.07) is 11.9. The molecule has 1 unspecified atom stereocenters. The number of nitrogens with one attached hydrogen (secondary N) is 2. The van der Waals surface area contributed by atoms with E-state index in [9.17, 15) is 14.4 Å². The first-order valence-corrected chi connectivity index (χ1v) is 9.52. The van der Waals surface area contributed by atoms with E-state index in [1.165, 1.54) is 4.57 Å². The molecule has 1 aliphatic heterocycles. The predicted molar refractivity (Wildman–Crippen MR) is 108 cm³/mol. The van der Waals surface area contributed by atoms with E-state index in [1.54, 1.807) is 30.3 Å². The van der Waals surface area contributed by atoms with Gasteiger partial charge in [-0.15, -0.1) is 0 Å². The molecular weight excluding hydrogens is 424 g/mol. The van der Waals surface area contributed by atoms with E-state index in [0.717, 1.165) is 10.0 Å². The van der Waals surface area contributed by atoms with Gasteiger partial charge in [0, 0.05) is 22.6 Å². The molecule has 0 aliphatic carbocycles. The number of aromatic nitrogens is 2. The highest BCUT2D eigenvalue weighted by Gasteiger charge is 2.26. The van der Waals surface area contributed by atoms with Crippen LogP contribution in [0.15, 0.2) is 50.5 Å². The maximum atomic E-state index is 12.6. The molecule has 1 aliphatic rings. The number of hydrogen-bond acceptors (Lipinski definition) is 4. The van der Waals surface area contributed by atoms with Crippen molar-refractivity contribution < 1.29 is 4.79 Å². The maximum absolute atomic E-state index is 12.6. The normalized spacial score (nSPS) is 15.2. The Bertz CT molecular complexity index is 1250. The minimum Gasteiger partial charge on any atom is -0.326 e. The number of H-pyrrole nitrogens is 1. The van der Waals surface area contributed by atoms with Gasteiger partial charge in [0.1, 0.15) is 0 Å². The third kappa shape index (κ3) is 3.25. The highest BCUT2D eigenvalue weighted by molar-refractivity contribution is 9.10. The van der Waals surface area contributed by atoms with Gasteiger partial charge in [0.05, 0.1) is 22.7 Å². The second kappa shape index (κ2) is 7.09. The van der Waals surface area contributed by atoms with Crippen molar-refractivity contribution in [3.63, 3.8) is 0 Å². The highest BCUT2D eigenvalue weighted by Crippen LogP contribution is 2.32. The number of hydrogen-bond donors (Lipinski definition) is 2. The molecule has 0 spiro atoms. The van der Waals surface area contributed by atoms with Gasteiger partial charge >= 0.3 is 11.1 Å². The van der Waals surface area contributed by atoms with Crippen LogP contribution in [-0.4, -0.2) is 15.5 Å². The fourth-order valence-electron chi connectivity index (χ4n) is 3.66. The van der Waals surface area contributed by atoms with Crippen LogP contribution < -0.4 is 16.4 Å². The van der Waals surface area contributed by atoms with E-state index in [2.05, 4.69) is 26.2 Å². The van der Waals surface area contributed by atoms with Crippen LogP contribution in [0.4, 0.5) is 5.69 Å². The smallest absolute Gasteiger partial charge is 0.317 e. The lowest BCUT2D eigenvalue weighted by atomic mass is 9.96. The SMILES string of the molecule is N#Cc1ccc(NC(=O)CC2CCc3cc(Br)cc4[nH]c(=O)c(=O)n2c34)cc1. The van der Waals surface area contributed by atoms with Gasteiger partial charge in [-0.1, -0.05) is 15.9 Å².